The third-order valence-corrected chi connectivity index (χ3v) is 7.41. The van der Waals surface area contributed by atoms with Crippen molar-refractivity contribution in [1.29, 1.82) is 0 Å². The Morgan fingerprint density at radius 2 is 1.89 bits per heavy atom. The number of rotatable bonds is 4. The van der Waals surface area contributed by atoms with E-state index >= 15 is 0 Å². The number of alkyl halides is 1. The zero-order chi connectivity index (χ0) is 14.5. The Morgan fingerprint density at radius 3 is 2.26 bits per heavy atom. The van der Waals surface area contributed by atoms with Gasteiger partial charge in [0.2, 0.25) is 0 Å². The summed E-state index contributed by atoms with van der Waals surface area (Å²) in [5.74, 6) is 1.47. The minimum absolute atomic E-state index is 0.317. The van der Waals surface area contributed by atoms with Crippen molar-refractivity contribution in [1.82, 2.24) is 0 Å². The highest BCUT2D eigenvalue weighted by molar-refractivity contribution is 9.09. The van der Waals surface area contributed by atoms with Gasteiger partial charge in [-0.2, -0.15) is 0 Å². The van der Waals surface area contributed by atoms with Crippen LogP contribution in [0.5, 0.6) is 0 Å². The number of hydrogen-bond donors (Lipinski definition) is 0. The van der Waals surface area contributed by atoms with Crippen LogP contribution in [0.2, 0.25) is 0 Å². The van der Waals surface area contributed by atoms with Gasteiger partial charge in [-0.05, 0) is 47.3 Å². The van der Waals surface area contributed by atoms with Gasteiger partial charge >= 0.3 is 0 Å². The summed E-state index contributed by atoms with van der Waals surface area (Å²) in [6, 6.07) is 0. The summed E-state index contributed by atoms with van der Waals surface area (Å²) in [6.45, 7) is 15.2. The molecule has 2 heteroatoms. The first-order chi connectivity index (χ1) is 8.63. The van der Waals surface area contributed by atoms with Crippen LogP contribution in [0.4, 0.5) is 0 Å². The smallest absolute Gasteiger partial charge is 0.0636 e. The van der Waals surface area contributed by atoms with Gasteiger partial charge in [-0.15, -0.1) is 0 Å². The Labute approximate surface area is 128 Å². The van der Waals surface area contributed by atoms with E-state index in [0.29, 0.717) is 28.3 Å². The molecule has 0 aromatic heterocycles. The van der Waals surface area contributed by atoms with E-state index in [1.807, 2.05) is 0 Å². The minimum Gasteiger partial charge on any atom is -0.377 e. The number of ether oxygens (including phenoxy) is 1. The van der Waals surface area contributed by atoms with Crippen LogP contribution in [0.3, 0.4) is 0 Å². The van der Waals surface area contributed by atoms with Crippen LogP contribution in [-0.4, -0.2) is 18.0 Å². The van der Waals surface area contributed by atoms with Gasteiger partial charge in [0.05, 0.1) is 12.7 Å². The van der Waals surface area contributed by atoms with E-state index in [1.54, 1.807) is 0 Å². The van der Waals surface area contributed by atoms with E-state index in [9.17, 15) is 0 Å². The first-order valence-electron chi connectivity index (χ1n) is 7.80. The van der Waals surface area contributed by atoms with Crippen LogP contribution in [0.25, 0.3) is 0 Å². The summed E-state index contributed by atoms with van der Waals surface area (Å²) < 4.78 is 6.43. The normalized spacial score (nSPS) is 38.7. The molecular weight excluding hydrogens is 300 g/mol. The van der Waals surface area contributed by atoms with Crippen LogP contribution >= 0.6 is 15.9 Å². The number of fused-ring (bicyclic) bond motifs is 2. The van der Waals surface area contributed by atoms with Crippen molar-refractivity contribution < 1.29 is 4.74 Å². The topological polar surface area (TPSA) is 9.23 Å². The molecule has 2 aliphatic carbocycles. The standard InChI is InChI=1S/C17H31BrO/c1-15(2,3)13(10-18)11-19-14-9-12-7-8-17(14,6)16(12,4)5/h12-14H,7-11H2,1-6H3. The Bertz CT molecular complexity index is 331. The molecule has 0 saturated heterocycles. The fraction of sp³-hybridized carbons (Fsp3) is 1.00. The Morgan fingerprint density at radius 1 is 1.26 bits per heavy atom. The average Bonchev–Trinajstić information content (AvgIpc) is 2.60. The van der Waals surface area contributed by atoms with Crippen molar-refractivity contribution in [2.45, 2.75) is 66.9 Å². The second-order valence-electron chi connectivity index (χ2n) is 8.65. The summed E-state index contributed by atoms with van der Waals surface area (Å²) in [5, 5.41) is 1.03. The van der Waals surface area contributed by atoms with E-state index in [2.05, 4.69) is 57.5 Å². The van der Waals surface area contributed by atoms with Crippen LogP contribution < -0.4 is 0 Å². The van der Waals surface area contributed by atoms with Gasteiger partial charge in [0.25, 0.3) is 0 Å². The molecule has 4 atom stereocenters. The molecular formula is C17H31BrO. The second kappa shape index (κ2) is 5.02. The highest BCUT2D eigenvalue weighted by Crippen LogP contribution is 2.66. The van der Waals surface area contributed by atoms with E-state index in [1.165, 1.54) is 19.3 Å². The molecule has 0 N–H and O–H groups in total. The molecule has 2 fully saturated rings. The second-order valence-corrected chi connectivity index (χ2v) is 9.30. The molecule has 112 valence electrons. The van der Waals surface area contributed by atoms with Crippen molar-refractivity contribution in [3.8, 4) is 0 Å². The largest absolute Gasteiger partial charge is 0.377 e. The molecule has 0 aromatic carbocycles. The van der Waals surface area contributed by atoms with Crippen LogP contribution in [-0.2, 0) is 4.74 Å². The van der Waals surface area contributed by atoms with E-state index < -0.39 is 0 Å². The molecule has 2 rings (SSSR count). The first kappa shape index (κ1) is 15.8. The Hall–Kier alpha value is 0.440. The molecule has 19 heavy (non-hydrogen) atoms. The van der Waals surface area contributed by atoms with Crippen molar-refractivity contribution >= 4 is 15.9 Å². The number of halogens is 1. The monoisotopic (exact) mass is 330 g/mol. The quantitative estimate of drug-likeness (QED) is 0.637. The van der Waals surface area contributed by atoms with Crippen molar-refractivity contribution in [3.63, 3.8) is 0 Å². The van der Waals surface area contributed by atoms with Crippen LogP contribution in [0, 0.1) is 28.1 Å². The maximum atomic E-state index is 6.43. The van der Waals surface area contributed by atoms with Gasteiger partial charge in [0.15, 0.2) is 0 Å². The fourth-order valence-electron chi connectivity index (χ4n) is 4.14. The maximum absolute atomic E-state index is 6.43. The van der Waals surface area contributed by atoms with Crippen molar-refractivity contribution in [3.05, 3.63) is 0 Å². The lowest BCUT2D eigenvalue weighted by molar-refractivity contribution is -0.0669. The van der Waals surface area contributed by atoms with Crippen LogP contribution in [0.15, 0.2) is 0 Å². The van der Waals surface area contributed by atoms with E-state index in [4.69, 9.17) is 4.74 Å². The summed E-state index contributed by atoms with van der Waals surface area (Å²) >= 11 is 3.66. The molecule has 0 spiro atoms. The molecule has 0 radical (unpaired) electrons. The molecule has 2 bridgehead atoms. The lowest BCUT2D eigenvalue weighted by Crippen LogP contribution is -2.39. The lowest BCUT2D eigenvalue weighted by Gasteiger charge is -2.40. The van der Waals surface area contributed by atoms with Crippen molar-refractivity contribution in [2.75, 3.05) is 11.9 Å². The first-order valence-corrected chi connectivity index (χ1v) is 8.92. The predicted octanol–water partition coefficient (Wildman–Crippen LogP) is 5.28. The van der Waals surface area contributed by atoms with Gasteiger partial charge in [-0.1, -0.05) is 57.5 Å². The highest BCUT2D eigenvalue weighted by Gasteiger charge is 2.61. The van der Waals surface area contributed by atoms with E-state index in [0.717, 1.165) is 17.9 Å². The summed E-state index contributed by atoms with van der Waals surface area (Å²) in [6.07, 6.45) is 4.52. The SMILES string of the molecule is CC(C)(C)C(CBr)COC1CC2CCC1(C)C2(C)C. The summed E-state index contributed by atoms with van der Waals surface area (Å²) in [4.78, 5) is 0. The molecule has 2 saturated carbocycles. The maximum Gasteiger partial charge on any atom is 0.0636 e. The molecule has 4 unspecified atom stereocenters. The zero-order valence-corrected chi connectivity index (χ0v) is 15.1. The number of hydrogen-bond acceptors (Lipinski definition) is 1. The third kappa shape index (κ3) is 2.52. The van der Waals surface area contributed by atoms with Gasteiger partial charge in [-0.3, -0.25) is 0 Å². The van der Waals surface area contributed by atoms with Gasteiger partial charge in [0, 0.05) is 5.33 Å². The van der Waals surface area contributed by atoms with E-state index in [-0.39, 0.29) is 0 Å². The Kier molecular flexibility index (Phi) is 4.18. The highest BCUT2D eigenvalue weighted by atomic mass is 79.9. The van der Waals surface area contributed by atoms with Crippen LogP contribution in [0.1, 0.15) is 60.8 Å². The lowest BCUT2D eigenvalue weighted by atomic mass is 9.70. The minimum atomic E-state index is 0.317. The Balaban J connectivity index is 1.99. The summed E-state index contributed by atoms with van der Waals surface area (Å²) in [7, 11) is 0. The van der Waals surface area contributed by atoms with Gasteiger partial charge < -0.3 is 4.74 Å². The summed E-state index contributed by atoms with van der Waals surface area (Å²) in [5.41, 5.74) is 1.17. The van der Waals surface area contributed by atoms with Crippen molar-refractivity contribution in [2.24, 2.45) is 28.1 Å². The average molecular weight is 331 g/mol. The molecule has 0 aliphatic heterocycles. The third-order valence-electron chi connectivity index (χ3n) is 6.62. The zero-order valence-electron chi connectivity index (χ0n) is 13.6. The van der Waals surface area contributed by atoms with Gasteiger partial charge in [0.1, 0.15) is 0 Å². The molecule has 2 aliphatic rings. The molecule has 0 aromatic rings. The molecule has 0 heterocycles. The van der Waals surface area contributed by atoms with Gasteiger partial charge in [-0.25, -0.2) is 0 Å². The molecule has 0 amide bonds. The molecule has 1 nitrogen and oxygen atoms in total. The predicted molar refractivity (Wildman–Crippen MR) is 85.7 cm³/mol. The fourth-order valence-corrected chi connectivity index (χ4v) is 5.30.